The Kier molecular flexibility index (Phi) is 2.89. The first-order valence-electron chi connectivity index (χ1n) is 6.99. The van der Waals surface area contributed by atoms with Gasteiger partial charge in [0.25, 0.3) is 5.56 Å². The van der Waals surface area contributed by atoms with Crippen LogP contribution in [-0.4, -0.2) is 21.3 Å². The summed E-state index contributed by atoms with van der Waals surface area (Å²) >= 11 is 0. The fourth-order valence-electron chi connectivity index (χ4n) is 4.07. The van der Waals surface area contributed by atoms with Crippen LogP contribution in [-0.2, 0) is 0 Å². The van der Waals surface area contributed by atoms with Gasteiger partial charge in [0.2, 0.25) is 0 Å². The summed E-state index contributed by atoms with van der Waals surface area (Å²) in [7, 11) is 0. The number of fused-ring (bicyclic) bond motifs is 1. The van der Waals surface area contributed by atoms with E-state index in [1.807, 2.05) is 0 Å². The molecule has 0 unspecified atom stereocenters. The Morgan fingerprint density at radius 3 is 3.00 bits per heavy atom. The Bertz CT molecular complexity index is 603. The van der Waals surface area contributed by atoms with Crippen molar-refractivity contribution in [2.24, 2.45) is 11.3 Å². The lowest BCUT2D eigenvalue weighted by Gasteiger charge is -2.26. The third kappa shape index (κ3) is 1.87. The van der Waals surface area contributed by atoms with Crippen LogP contribution in [0.4, 0.5) is 0 Å². The number of H-pyrrole nitrogens is 1. The quantitative estimate of drug-likeness (QED) is 0.835. The molecular weight excluding hydrogens is 244 g/mol. The van der Waals surface area contributed by atoms with Crippen LogP contribution < -0.4 is 11.2 Å². The molecule has 19 heavy (non-hydrogen) atoms. The molecule has 5 nitrogen and oxygen atoms in total. The fourth-order valence-corrected chi connectivity index (χ4v) is 4.07. The van der Waals surface area contributed by atoms with Crippen LogP contribution in [0.2, 0.25) is 0 Å². The van der Waals surface area contributed by atoms with Gasteiger partial charge in [0.1, 0.15) is 0 Å². The van der Waals surface area contributed by atoms with E-state index in [2.05, 4.69) is 4.98 Å². The van der Waals surface area contributed by atoms with Crippen LogP contribution in [0.15, 0.2) is 15.8 Å². The predicted octanol–water partition coefficient (Wildman–Crippen LogP) is 0.959. The maximum Gasteiger partial charge on any atom is 0.328 e. The highest BCUT2D eigenvalue weighted by Crippen LogP contribution is 2.57. The molecule has 5 heteroatoms. The summed E-state index contributed by atoms with van der Waals surface area (Å²) < 4.78 is 1.66. The summed E-state index contributed by atoms with van der Waals surface area (Å²) in [5, 5.41) is 9.71. The minimum absolute atomic E-state index is 0.00808. The molecule has 2 aliphatic carbocycles. The van der Waals surface area contributed by atoms with E-state index >= 15 is 0 Å². The highest BCUT2D eigenvalue weighted by Gasteiger charge is 2.50. The molecule has 1 aromatic heterocycles. The second-order valence-corrected chi connectivity index (χ2v) is 6.18. The Morgan fingerprint density at radius 2 is 2.32 bits per heavy atom. The lowest BCUT2D eigenvalue weighted by molar-refractivity contribution is 0.104. The number of nitrogens with zero attached hydrogens (tertiary/aromatic N) is 1. The highest BCUT2D eigenvalue weighted by molar-refractivity contribution is 5.06. The van der Waals surface area contributed by atoms with Crippen molar-refractivity contribution >= 4 is 0 Å². The zero-order valence-corrected chi connectivity index (χ0v) is 11.2. The molecule has 3 rings (SSSR count). The molecule has 0 spiro atoms. The van der Waals surface area contributed by atoms with E-state index in [4.69, 9.17) is 0 Å². The van der Waals surface area contributed by atoms with Crippen molar-refractivity contribution in [1.82, 2.24) is 9.55 Å². The lowest BCUT2D eigenvalue weighted by Crippen LogP contribution is -2.33. The van der Waals surface area contributed by atoms with Gasteiger partial charge in [-0.15, -0.1) is 0 Å². The Morgan fingerprint density at radius 1 is 1.53 bits per heavy atom. The molecule has 3 atom stereocenters. The summed E-state index contributed by atoms with van der Waals surface area (Å²) in [6.45, 7) is 1.93. The minimum Gasteiger partial charge on any atom is -0.396 e. The van der Waals surface area contributed by atoms with Crippen molar-refractivity contribution in [1.29, 1.82) is 0 Å². The zero-order chi connectivity index (χ0) is 13.6. The molecule has 0 radical (unpaired) electrons. The van der Waals surface area contributed by atoms with Crippen molar-refractivity contribution in [3.8, 4) is 0 Å². The average molecular weight is 264 g/mol. The monoisotopic (exact) mass is 264 g/mol. The van der Waals surface area contributed by atoms with Gasteiger partial charge in [0.15, 0.2) is 0 Å². The average Bonchev–Trinajstić information content (AvgIpc) is 2.90. The number of aryl methyl sites for hydroxylation is 1. The number of hydrogen-bond acceptors (Lipinski definition) is 3. The maximum absolute atomic E-state index is 11.9. The molecule has 104 valence electrons. The SMILES string of the molecule is Cc1cn([C@H]2C[C@@H]3CCC[C@]3(CO)C2)c(=O)[nH]c1=O. The molecule has 0 aliphatic heterocycles. The van der Waals surface area contributed by atoms with Crippen molar-refractivity contribution < 1.29 is 5.11 Å². The lowest BCUT2D eigenvalue weighted by atomic mass is 9.81. The van der Waals surface area contributed by atoms with E-state index in [0.717, 1.165) is 25.7 Å². The van der Waals surface area contributed by atoms with Gasteiger partial charge in [-0.2, -0.15) is 0 Å². The number of nitrogens with one attached hydrogen (secondary N) is 1. The smallest absolute Gasteiger partial charge is 0.328 e. The molecule has 2 aliphatic rings. The third-order valence-corrected chi connectivity index (χ3v) is 5.15. The van der Waals surface area contributed by atoms with E-state index in [9.17, 15) is 14.7 Å². The van der Waals surface area contributed by atoms with Crippen LogP contribution >= 0.6 is 0 Å². The first-order chi connectivity index (χ1) is 9.05. The first-order valence-corrected chi connectivity index (χ1v) is 6.99. The van der Waals surface area contributed by atoms with Gasteiger partial charge in [0.05, 0.1) is 0 Å². The van der Waals surface area contributed by atoms with Crippen molar-refractivity contribution in [3.05, 3.63) is 32.6 Å². The van der Waals surface area contributed by atoms with Crippen LogP contribution in [0.3, 0.4) is 0 Å². The van der Waals surface area contributed by atoms with E-state index < -0.39 is 0 Å². The Hall–Kier alpha value is -1.36. The van der Waals surface area contributed by atoms with Crippen LogP contribution in [0.5, 0.6) is 0 Å². The summed E-state index contributed by atoms with van der Waals surface area (Å²) in [4.78, 5) is 25.7. The van der Waals surface area contributed by atoms with E-state index in [0.29, 0.717) is 11.5 Å². The molecule has 0 aromatic carbocycles. The van der Waals surface area contributed by atoms with Crippen LogP contribution in [0.25, 0.3) is 0 Å². The van der Waals surface area contributed by atoms with Gasteiger partial charge in [-0.3, -0.25) is 14.3 Å². The van der Waals surface area contributed by atoms with E-state index in [-0.39, 0.29) is 29.3 Å². The highest BCUT2D eigenvalue weighted by atomic mass is 16.3. The molecule has 2 fully saturated rings. The summed E-state index contributed by atoms with van der Waals surface area (Å²) in [6, 6.07) is 0.112. The largest absolute Gasteiger partial charge is 0.396 e. The summed E-state index contributed by atoms with van der Waals surface area (Å²) in [6.07, 6.45) is 6.83. The fraction of sp³-hybridized carbons (Fsp3) is 0.714. The molecule has 2 saturated carbocycles. The maximum atomic E-state index is 11.9. The molecule has 0 amide bonds. The van der Waals surface area contributed by atoms with Crippen LogP contribution in [0, 0.1) is 18.3 Å². The van der Waals surface area contributed by atoms with Gasteiger partial charge in [-0.1, -0.05) is 6.42 Å². The predicted molar refractivity (Wildman–Crippen MR) is 71.2 cm³/mol. The minimum atomic E-state index is -0.325. The number of aliphatic hydroxyl groups is 1. The van der Waals surface area contributed by atoms with Gasteiger partial charge in [-0.05, 0) is 43.9 Å². The number of aromatic nitrogens is 2. The molecule has 0 saturated heterocycles. The zero-order valence-electron chi connectivity index (χ0n) is 11.2. The summed E-state index contributed by atoms with van der Waals surface area (Å²) in [5.41, 5.74) is -0.0617. The topological polar surface area (TPSA) is 75.1 Å². The number of rotatable bonds is 2. The van der Waals surface area contributed by atoms with Crippen molar-refractivity contribution in [2.75, 3.05) is 6.61 Å². The van der Waals surface area contributed by atoms with Gasteiger partial charge >= 0.3 is 5.69 Å². The van der Waals surface area contributed by atoms with Crippen molar-refractivity contribution in [2.45, 2.75) is 45.1 Å². The second-order valence-electron chi connectivity index (χ2n) is 6.18. The van der Waals surface area contributed by atoms with Gasteiger partial charge in [-0.25, -0.2) is 4.79 Å². The van der Waals surface area contributed by atoms with E-state index in [1.54, 1.807) is 17.7 Å². The number of aromatic amines is 1. The first kappa shape index (κ1) is 12.7. The van der Waals surface area contributed by atoms with Gasteiger partial charge in [0, 0.05) is 24.4 Å². The molecule has 2 N–H and O–H groups in total. The molecule has 1 aromatic rings. The Balaban J connectivity index is 1.96. The molecule has 0 bridgehead atoms. The number of hydrogen-bond donors (Lipinski definition) is 2. The molecule has 1 heterocycles. The standard InChI is InChI=1S/C14H20N2O3/c1-9-7-16(13(19)15-12(9)18)11-5-10-3-2-4-14(10,6-11)8-17/h7,10-11,17H,2-6,8H2,1H3,(H,15,18,19)/t10-,11-,14+/m0/s1. The second kappa shape index (κ2) is 4.34. The summed E-state index contributed by atoms with van der Waals surface area (Å²) in [5.74, 6) is 0.515. The van der Waals surface area contributed by atoms with Crippen LogP contribution in [0.1, 0.15) is 43.7 Å². The van der Waals surface area contributed by atoms with E-state index in [1.165, 1.54) is 6.42 Å². The molecular formula is C14H20N2O3. The normalized spacial score (nSPS) is 33.6. The van der Waals surface area contributed by atoms with Crippen molar-refractivity contribution in [3.63, 3.8) is 0 Å². The third-order valence-electron chi connectivity index (χ3n) is 5.15. The Labute approximate surface area is 111 Å². The van der Waals surface area contributed by atoms with Gasteiger partial charge < -0.3 is 5.11 Å². The number of aliphatic hydroxyl groups excluding tert-OH is 1.